The van der Waals surface area contributed by atoms with E-state index in [1.165, 1.54) is 14.7 Å². The third-order valence-corrected chi connectivity index (χ3v) is 7.40. The molecule has 4 heteroatoms. The van der Waals surface area contributed by atoms with E-state index in [0.717, 1.165) is 5.75 Å². The third kappa shape index (κ3) is 3.83. The summed E-state index contributed by atoms with van der Waals surface area (Å²) >= 11 is -0.0955. The summed E-state index contributed by atoms with van der Waals surface area (Å²) < 4.78 is 12.7. The van der Waals surface area contributed by atoms with Crippen LogP contribution in [0.15, 0.2) is 48.5 Å². The fraction of sp³-hybridized carbons (Fsp3) is 0.143. The Balaban J connectivity index is 2.14. The molecule has 2 aromatic carbocycles. The number of aryl methyl sites for hydroxylation is 2. The van der Waals surface area contributed by atoms with Gasteiger partial charge in [-0.1, -0.05) is 0 Å². The third-order valence-electron chi connectivity index (χ3n) is 2.42. The predicted octanol–water partition coefficient (Wildman–Crippen LogP) is 5.26. The van der Waals surface area contributed by atoms with E-state index in [-0.39, 0.29) is 0 Å². The molecule has 0 saturated heterocycles. The van der Waals surface area contributed by atoms with Crippen LogP contribution >= 0.6 is 43.7 Å². The molecule has 0 unspecified atom stereocenters. The summed E-state index contributed by atoms with van der Waals surface area (Å²) in [5, 5.41) is 0. The molecule has 18 heavy (non-hydrogen) atoms. The van der Waals surface area contributed by atoms with E-state index in [9.17, 15) is 0 Å². The van der Waals surface area contributed by atoms with Gasteiger partial charge in [0.15, 0.2) is 0 Å². The maximum atomic E-state index is 5.97. The Morgan fingerprint density at radius 3 is 1.83 bits per heavy atom. The summed E-state index contributed by atoms with van der Waals surface area (Å²) in [7, 11) is 0. The number of benzene rings is 2. The quantitative estimate of drug-likeness (QED) is 0.571. The molecule has 0 aliphatic carbocycles. The number of rotatable bonds is 4. The van der Waals surface area contributed by atoms with Gasteiger partial charge in [0.25, 0.3) is 0 Å². The molecule has 0 fully saturated rings. The molecule has 0 atom stereocenters. The average Bonchev–Trinajstić information content (AvgIpc) is 2.39. The van der Waals surface area contributed by atoms with Crippen molar-refractivity contribution in [3.63, 3.8) is 0 Å². The van der Waals surface area contributed by atoms with Crippen molar-refractivity contribution in [2.24, 2.45) is 0 Å². The normalized spacial score (nSPS) is 11.2. The monoisotopic (exact) mass is 468 g/mol. The van der Waals surface area contributed by atoms with Crippen LogP contribution in [-0.4, -0.2) is 0 Å². The molecule has 0 spiro atoms. The molecule has 0 radical (unpaired) electrons. The van der Waals surface area contributed by atoms with E-state index in [1.807, 2.05) is 47.3 Å². The van der Waals surface area contributed by atoms with E-state index < -0.39 is 20.6 Å². The van der Waals surface area contributed by atoms with Gasteiger partial charge in [-0.15, -0.1) is 0 Å². The Labute approximate surface area is 130 Å². The zero-order valence-corrected chi connectivity index (χ0v) is 14.5. The van der Waals surface area contributed by atoms with Gasteiger partial charge in [0.2, 0.25) is 0 Å². The SMILES string of the molecule is Cc1ccc(OI(OI)c2ccc(C)cc2)cc1. The van der Waals surface area contributed by atoms with Crippen LogP contribution < -0.4 is 3.07 Å². The van der Waals surface area contributed by atoms with Crippen molar-refractivity contribution >= 4 is 43.7 Å². The number of halogens is 2. The minimum absolute atomic E-state index is 0.878. The van der Waals surface area contributed by atoms with Crippen molar-refractivity contribution in [1.82, 2.24) is 0 Å². The van der Waals surface area contributed by atoms with E-state index in [2.05, 4.69) is 38.1 Å². The molecule has 2 rings (SSSR count). The van der Waals surface area contributed by atoms with Gasteiger partial charge >= 0.3 is 131 Å². The Morgan fingerprint density at radius 1 is 0.833 bits per heavy atom. The summed E-state index contributed by atoms with van der Waals surface area (Å²) in [4.78, 5) is 0. The molecule has 0 aliphatic heterocycles. The van der Waals surface area contributed by atoms with Crippen molar-refractivity contribution in [3.8, 4) is 5.75 Å². The van der Waals surface area contributed by atoms with E-state index in [4.69, 9.17) is 4.46 Å². The zero-order valence-electron chi connectivity index (χ0n) is 10.2. The van der Waals surface area contributed by atoms with E-state index >= 15 is 0 Å². The van der Waals surface area contributed by atoms with Crippen molar-refractivity contribution < 1.29 is 4.46 Å². The van der Waals surface area contributed by atoms with Crippen LogP contribution in [-0.2, 0) is 1.40 Å². The summed E-state index contributed by atoms with van der Waals surface area (Å²) in [6.07, 6.45) is 0. The Morgan fingerprint density at radius 2 is 1.33 bits per heavy atom. The van der Waals surface area contributed by atoms with Gasteiger partial charge < -0.3 is 0 Å². The van der Waals surface area contributed by atoms with Gasteiger partial charge in [-0.3, -0.25) is 0 Å². The van der Waals surface area contributed by atoms with Gasteiger partial charge in [-0.05, 0) is 0 Å². The average molecular weight is 468 g/mol. The molecule has 0 N–H and O–H groups in total. The first kappa shape index (κ1) is 14.1. The Hall–Kier alpha value is -0.340. The molecule has 2 nitrogen and oxygen atoms in total. The van der Waals surface area contributed by atoms with Gasteiger partial charge in [0.05, 0.1) is 0 Å². The second-order valence-electron chi connectivity index (χ2n) is 3.96. The summed E-state index contributed by atoms with van der Waals surface area (Å²) in [5.74, 6) is 0.878. The first-order valence-electron chi connectivity index (χ1n) is 5.50. The van der Waals surface area contributed by atoms with Crippen LogP contribution in [0, 0.1) is 17.4 Å². The van der Waals surface area contributed by atoms with Crippen LogP contribution in [0.5, 0.6) is 5.75 Å². The second kappa shape index (κ2) is 6.72. The van der Waals surface area contributed by atoms with Crippen molar-refractivity contribution in [3.05, 3.63) is 63.2 Å². The Bertz CT molecular complexity index is 494. The van der Waals surface area contributed by atoms with Gasteiger partial charge in [0.1, 0.15) is 0 Å². The summed E-state index contributed by atoms with van der Waals surface area (Å²) in [6.45, 7) is 4.14. The van der Waals surface area contributed by atoms with Crippen LogP contribution in [0.25, 0.3) is 0 Å². The number of hydrogen-bond donors (Lipinski definition) is 0. The van der Waals surface area contributed by atoms with E-state index in [1.54, 1.807) is 0 Å². The molecule has 0 saturated carbocycles. The van der Waals surface area contributed by atoms with Crippen molar-refractivity contribution in [2.45, 2.75) is 13.8 Å². The van der Waals surface area contributed by atoms with Crippen LogP contribution in [0.2, 0.25) is 0 Å². The zero-order chi connectivity index (χ0) is 13.0. The molecule has 0 amide bonds. The van der Waals surface area contributed by atoms with Crippen LogP contribution in [0.4, 0.5) is 0 Å². The predicted molar refractivity (Wildman–Crippen MR) is 90.8 cm³/mol. The fourth-order valence-electron chi connectivity index (χ4n) is 1.40. The van der Waals surface area contributed by atoms with Crippen molar-refractivity contribution in [2.75, 3.05) is 0 Å². The second-order valence-corrected chi connectivity index (χ2v) is 9.45. The summed E-state index contributed by atoms with van der Waals surface area (Å²) in [5.41, 5.74) is 2.48. The van der Waals surface area contributed by atoms with Crippen LogP contribution in [0.3, 0.4) is 0 Å². The Kier molecular flexibility index (Phi) is 5.25. The molecule has 2 aromatic rings. The van der Waals surface area contributed by atoms with E-state index in [0.29, 0.717) is 0 Å². The molecule has 0 aromatic heterocycles. The molecule has 96 valence electrons. The molecular formula is C14H14I2O2. The first-order valence-corrected chi connectivity index (χ1v) is 9.22. The first-order chi connectivity index (χ1) is 8.69. The molecular weight excluding hydrogens is 454 g/mol. The van der Waals surface area contributed by atoms with Crippen molar-refractivity contribution in [1.29, 1.82) is 0 Å². The maximum absolute atomic E-state index is 5.97. The standard InChI is InChI=1S/C14H14I2O2/c1-11-3-7-13(8-4-11)16(18-15)17-14-9-5-12(2)6-10-14/h3-10H,1-2H3. The minimum atomic E-state index is -2.04. The van der Waals surface area contributed by atoms with Gasteiger partial charge in [0, 0.05) is 0 Å². The van der Waals surface area contributed by atoms with Gasteiger partial charge in [-0.25, -0.2) is 0 Å². The molecule has 0 heterocycles. The van der Waals surface area contributed by atoms with Gasteiger partial charge in [-0.2, -0.15) is 0 Å². The number of hydrogen-bond acceptors (Lipinski definition) is 2. The van der Waals surface area contributed by atoms with Crippen LogP contribution in [0.1, 0.15) is 11.1 Å². The topological polar surface area (TPSA) is 18.5 Å². The molecule has 0 bridgehead atoms. The molecule has 0 aliphatic rings. The summed E-state index contributed by atoms with van der Waals surface area (Å²) in [6, 6.07) is 16.4. The fourth-order valence-corrected chi connectivity index (χ4v) is 5.36.